The lowest BCUT2D eigenvalue weighted by molar-refractivity contribution is -0.111. The van der Waals surface area contributed by atoms with E-state index in [1.807, 2.05) is 24.3 Å². The van der Waals surface area contributed by atoms with Gasteiger partial charge in [-0.1, -0.05) is 12.1 Å². The van der Waals surface area contributed by atoms with Crippen LogP contribution in [0.5, 0.6) is 0 Å². The molecule has 1 aromatic heterocycles. The number of thiazole rings is 1. The molecular formula is C22H22N4O3S. The molecule has 1 unspecified atom stereocenters. The highest BCUT2D eigenvalue weighted by atomic mass is 32.1. The third-order valence-corrected chi connectivity index (χ3v) is 5.61. The van der Waals surface area contributed by atoms with E-state index >= 15 is 0 Å². The topological polar surface area (TPSA) is 92.4 Å². The van der Waals surface area contributed by atoms with Crippen molar-refractivity contribution in [2.75, 3.05) is 23.8 Å². The van der Waals surface area contributed by atoms with Crippen molar-refractivity contribution in [1.82, 2.24) is 10.3 Å². The minimum atomic E-state index is -0.277. The van der Waals surface area contributed by atoms with Crippen LogP contribution in [0.25, 0.3) is 16.3 Å². The molecule has 0 spiro atoms. The Morgan fingerprint density at radius 2 is 1.87 bits per heavy atom. The zero-order chi connectivity index (χ0) is 20.8. The van der Waals surface area contributed by atoms with Gasteiger partial charge in [0.25, 0.3) is 0 Å². The fourth-order valence-electron chi connectivity index (χ4n) is 3.12. The number of urea groups is 1. The van der Waals surface area contributed by atoms with Crippen LogP contribution in [0.1, 0.15) is 17.8 Å². The molecule has 0 aliphatic carbocycles. The highest BCUT2D eigenvalue weighted by Gasteiger charge is 2.16. The lowest BCUT2D eigenvalue weighted by Gasteiger charge is -2.12. The van der Waals surface area contributed by atoms with Gasteiger partial charge in [0.05, 0.1) is 16.3 Å². The molecular weight excluding hydrogens is 400 g/mol. The van der Waals surface area contributed by atoms with E-state index in [1.54, 1.807) is 30.3 Å². The number of hydrogen-bond acceptors (Lipinski definition) is 5. The molecule has 3 amide bonds. The van der Waals surface area contributed by atoms with E-state index in [0.717, 1.165) is 34.7 Å². The number of carbonyl (C=O) groups excluding carboxylic acids is 2. The predicted octanol–water partition coefficient (Wildman–Crippen LogP) is 4.25. The lowest BCUT2D eigenvalue weighted by Crippen LogP contribution is -2.35. The second kappa shape index (κ2) is 9.51. The summed E-state index contributed by atoms with van der Waals surface area (Å²) in [6.07, 6.45) is 5.28. The maximum Gasteiger partial charge on any atom is 0.319 e. The quantitative estimate of drug-likeness (QED) is 0.518. The van der Waals surface area contributed by atoms with Crippen molar-refractivity contribution in [3.05, 3.63) is 59.6 Å². The summed E-state index contributed by atoms with van der Waals surface area (Å²) in [7, 11) is 0. The largest absolute Gasteiger partial charge is 0.376 e. The number of benzene rings is 2. The summed E-state index contributed by atoms with van der Waals surface area (Å²) in [5.74, 6) is -0.246. The first-order valence-corrected chi connectivity index (χ1v) is 10.6. The highest BCUT2D eigenvalue weighted by molar-refractivity contribution is 7.19. The zero-order valence-corrected chi connectivity index (χ0v) is 17.1. The number of aromatic nitrogens is 1. The summed E-state index contributed by atoms with van der Waals surface area (Å²) in [6.45, 7) is 1.26. The maximum absolute atomic E-state index is 12.2. The van der Waals surface area contributed by atoms with Crippen molar-refractivity contribution in [1.29, 1.82) is 0 Å². The van der Waals surface area contributed by atoms with Crippen LogP contribution in [0.15, 0.2) is 54.6 Å². The normalized spacial score (nSPS) is 16.1. The first-order chi connectivity index (χ1) is 14.7. The van der Waals surface area contributed by atoms with Gasteiger partial charge in [0.15, 0.2) is 0 Å². The Morgan fingerprint density at radius 1 is 1.10 bits per heavy atom. The summed E-state index contributed by atoms with van der Waals surface area (Å²) in [6, 6.07) is 14.5. The van der Waals surface area contributed by atoms with Crippen LogP contribution in [-0.4, -0.2) is 36.2 Å². The van der Waals surface area contributed by atoms with Crippen molar-refractivity contribution in [2.24, 2.45) is 0 Å². The van der Waals surface area contributed by atoms with E-state index in [2.05, 4.69) is 20.9 Å². The number of anilines is 2. The molecule has 7 nitrogen and oxygen atoms in total. The van der Waals surface area contributed by atoms with Gasteiger partial charge in [0.1, 0.15) is 5.01 Å². The molecule has 1 fully saturated rings. The molecule has 0 saturated carbocycles. The summed E-state index contributed by atoms with van der Waals surface area (Å²) >= 11 is 1.53. The minimum absolute atomic E-state index is 0.101. The molecule has 1 atom stereocenters. The van der Waals surface area contributed by atoms with Gasteiger partial charge in [0.2, 0.25) is 5.91 Å². The molecule has 30 heavy (non-hydrogen) atoms. The molecule has 8 heteroatoms. The molecule has 0 bridgehead atoms. The Hall–Kier alpha value is -3.23. The molecule has 1 aliphatic rings. The summed E-state index contributed by atoms with van der Waals surface area (Å²) < 4.78 is 6.56. The smallest absolute Gasteiger partial charge is 0.319 e. The number of nitrogens with one attached hydrogen (secondary N) is 3. The standard InChI is InChI=1S/C22H22N4O3S/c27-20(11-12-21-26-18-5-1-2-6-19(18)30-21)24-15-7-9-16(10-8-15)25-22(28)23-14-17-4-3-13-29-17/h1-2,5-12,17H,3-4,13-14H2,(H,24,27)(H2,23,25,28)/b12-11+. The average Bonchev–Trinajstić information content (AvgIpc) is 3.41. The van der Waals surface area contributed by atoms with E-state index in [4.69, 9.17) is 4.74 Å². The van der Waals surface area contributed by atoms with Crippen LogP contribution >= 0.6 is 11.3 Å². The predicted molar refractivity (Wildman–Crippen MR) is 120 cm³/mol. The summed E-state index contributed by atoms with van der Waals surface area (Å²) in [5, 5.41) is 9.14. The molecule has 1 saturated heterocycles. The number of rotatable bonds is 6. The van der Waals surface area contributed by atoms with Gasteiger partial charge in [-0.3, -0.25) is 4.79 Å². The molecule has 4 rings (SSSR count). The minimum Gasteiger partial charge on any atom is -0.376 e. The molecule has 154 valence electrons. The molecule has 1 aliphatic heterocycles. The Balaban J connectivity index is 1.26. The third-order valence-electron chi connectivity index (χ3n) is 4.61. The molecule has 3 N–H and O–H groups in total. The van der Waals surface area contributed by atoms with E-state index in [9.17, 15) is 9.59 Å². The fourth-order valence-corrected chi connectivity index (χ4v) is 3.99. The fraction of sp³-hybridized carbons (Fsp3) is 0.227. The Morgan fingerprint density at radius 3 is 2.60 bits per heavy atom. The van der Waals surface area contributed by atoms with E-state index in [0.29, 0.717) is 17.9 Å². The second-order valence-corrected chi connectivity index (χ2v) is 7.95. The van der Waals surface area contributed by atoms with Gasteiger partial charge in [-0.15, -0.1) is 11.3 Å². The summed E-state index contributed by atoms with van der Waals surface area (Å²) in [4.78, 5) is 28.6. The molecule has 3 aromatic rings. The van der Waals surface area contributed by atoms with Gasteiger partial charge in [-0.2, -0.15) is 0 Å². The number of para-hydroxylation sites is 1. The lowest BCUT2D eigenvalue weighted by atomic mass is 10.2. The number of hydrogen-bond donors (Lipinski definition) is 3. The zero-order valence-electron chi connectivity index (χ0n) is 16.3. The van der Waals surface area contributed by atoms with Crippen molar-refractivity contribution < 1.29 is 14.3 Å². The Labute approximate surface area is 178 Å². The van der Waals surface area contributed by atoms with Gasteiger partial charge in [0, 0.05) is 30.6 Å². The second-order valence-electron chi connectivity index (χ2n) is 6.89. The van der Waals surface area contributed by atoms with Gasteiger partial charge in [-0.05, 0) is 55.3 Å². The van der Waals surface area contributed by atoms with Crippen molar-refractivity contribution in [2.45, 2.75) is 18.9 Å². The van der Waals surface area contributed by atoms with Crippen molar-refractivity contribution >= 4 is 50.9 Å². The van der Waals surface area contributed by atoms with Crippen LogP contribution in [-0.2, 0) is 9.53 Å². The van der Waals surface area contributed by atoms with Crippen LogP contribution in [0.4, 0.5) is 16.2 Å². The highest BCUT2D eigenvalue weighted by Crippen LogP contribution is 2.22. The maximum atomic E-state index is 12.2. The molecule has 0 radical (unpaired) electrons. The van der Waals surface area contributed by atoms with Gasteiger partial charge >= 0.3 is 6.03 Å². The van der Waals surface area contributed by atoms with Crippen molar-refractivity contribution in [3.63, 3.8) is 0 Å². The number of fused-ring (bicyclic) bond motifs is 1. The summed E-state index contributed by atoms with van der Waals surface area (Å²) in [5.41, 5.74) is 2.20. The van der Waals surface area contributed by atoms with Crippen LogP contribution < -0.4 is 16.0 Å². The van der Waals surface area contributed by atoms with E-state index in [-0.39, 0.29) is 18.0 Å². The monoisotopic (exact) mass is 422 g/mol. The third kappa shape index (κ3) is 5.43. The van der Waals surface area contributed by atoms with E-state index in [1.165, 1.54) is 17.4 Å². The van der Waals surface area contributed by atoms with Gasteiger partial charge in [-0.25, -0.2) is 9.78 Å². The average molecular weight is 423 g/mol. The van der Waals surface area contributed by atoms with Crippen LogP contribution in [0.2, 0.25) is 0 Å². The molecule has 2 heterocycles. The van der Waals surface area contributed by atoms with Crippen LogP contribution in [0, 0.1) is 0 Å². The number of amides is 3. The van der Waals surface area contributed by atoms with Crippen LogP contribution in [0.3, 0.4) is 0 Å². The van der Waals surface area contributed by atoms with E-state index < -0.39 is 0 Å². The number of ether oxygens (including phenoxy) is 1. The first-order valence-electron chi connectivity index (χ1n) is 9.77. The Bertz CT molecular complexity index is 1020. The van der Waals surface area contributed by atoms with Gasteiger partial charge < -0.3 is 20.7 Å². The molecule has 2 aromatic carbocycles. The number of carbonyl (C=O) groups is 2. The van der Waals surface area contributed by atoms with Crippen molar-refractivity contribution in [3.8, 4) is 0 Å². The Kier molecular flexibility index (Phi) is 6.36. The number of nitrogens with zero attached hydrogens (tertiary/aromatic N) is 1. The first kappa shape index (κ1) is 20.1. The SMILES string of the molecule is O=C(/C=C/c1nc2ccccc2s1)Nc1ccc(NC(=O)NCC2CCCO2)cc1.